The first-order chi connectivity index (χ1) is 10.7. The van der Waals surface area contributed by atoms with Gasteiger partial charge in [-0.1, -0.05) is 25.0 Å². The van der Waals surface area contributed by atoms with Crippen LogP contribution in [-0.4, -0.2) is 71.8 Å². The lowest BCUT2D eigenvalue weighted by molar-refractivity contribution is 0.0572. The summed E-state index contributed by atoms with van der Waals surface area (Å²) in [5, 5.41) is 13.9. The number of aliphatic hydroxyl groups is 1. The summed E-state index contributed by atoms with van der Waals surface area (Å²) >= 11 is 0. The van der Waals surface area contributed by atoms with Crippen LogP contribution >= 0.6 is 24.0 Å². The Bertz CT molecular complexity index is 426. The molecule has 2 N–H and O–H groups in total. The molecule has 1 saturated carbocycles. The number of hydrogen-bond acceptors (Lipinski definition) is 3. The smallest absolute Gasteiger partial charge is 0.194 e. The standard InChI is InChI=1S/C17H30N4O.HI/c1-2-18-16(19-14-17(22)8-3-4-9-17)21-12-7-15(13-21)20-10-5-6-11-20;/h5-6,15,22H,2-4,7-14H2,1H3,(H,18,19);1H. The largest absolute Gasteiger partial charge is 0.388 e. The fraction of sp³-hybridized carbons (Fsp3) is 0.824. The topological polar surface area (TPSA) is 51.1 Å². The van der Waals surface area contributed by atoms with Crippen molar-refractivity contribution < 1.29 is 5.11 Å². The second kappa shape index (κ2) is 8.67. The molecule has 1 aliphatic carbocycles. The number of guanidine groups is 1. The molecular weight excluding hydrogens is 403 g/mol. The molecule has 23 heavy (non-hydrogen) atoms. The highest BCUT2D eigenvalue weighted by Gasteiger charge is 2.32. The van der Waals surface area contributed by atoms with Crippen LogP contribution in [0.1, 0.15) is 39.0 Å². The van der Waals surface area contributed by atoms with E-state index in [2.05, 4.69) is 34.2 Å². The first-order valence-electron chi connectivity index (χ1n) is 8.85. The minimum atomic E-state index is -0.557. The van der Waals surface area contributed by atoms with Crippen LogP contribution < -0.4 is 5.32 Å². The fourth-order valence-corrected chi connectivity index (χ4v) is 3.86. The zero-order chi connectivity index (χ0) is 15.4. The zero-order valence-electron chi connectivity index (χ0n) is 14.2. The van der Waals surface area contributed by atoms with Crippen LogP contribution in [0.25, 0.3) is 0 Å². The molecule has 0 spiro atoms. The number of rotatable bonds is 4. The molecule has 1 atom stereocenters. The molecule has 1 saturated heterocycles. The Morgan fingerprint density at radius 1 is 1.30 bits per heavy atom. The molecule has 2 aliphatic heterocycles. The second-order valence-corrected chi connectivity index (χ2v) is 6.92. The summed E-state index contributed by atoms with van der Waals surface area (Å²) in [5.41, 5.74) is -0.557. The lowest BCUT2D eigenvalue weighted by Crippen LogP contribution is -2.43. The van der Waals surface area contributed by atoms with Crippen molar-refractivity contribution in [2.45, 2.75) is 50.7 Å². The number of halogens is 1. The zero-order valence-corrected chi connectivity index (χ0v) is 16.5. The molecular formula is C17H31IN4O. The van der Waals surface area contributed by atoms with E-state index in [1.807, 2.05) is 0 Å². The highest BCUT2D eigenvalue weighted by Crippen LogP contribution is 2.29. The molecule has 2 heterocycles. The van der Waals surface area contributed by atoms with Crippen LogP contribution in [0.3, 0.4) is 0 Å². The van der Waals surface area contributed by atoms with E-state index in [0.717, 1.165) is 64.4 Å². The Kier molecular flexibility index (Phi) is 7.16. The van der Waals surface area contributed by atoms with Crippen LogP contribution in [0.2, 0.25) is 0 Å². The lowest BCUT2D eigenvalue weighted by Gasteiger charge is -2.26. The molecule has 0 aromatic rings. The highest BCUT2D eigenvalue weighted by molar-refractivity contribution is 14.0. The van der Waals surface area contributed by atoms with E-state index >= 15 is 0 Å². The van der Waals surface area contributed by atoms with Gasteiger partial charge in [-0.25, -0.2) is 0 Å². The minimum Gasteiger partial charge on any atom is -0.388 e. The van der Waals surface area contributed by atoms with Gasteiger partial charge in [-0.15, -0.1) is 24.0 Å². The average Bonchev–Trinajstić information content (AvgIpc) is 3.24. The van der Waals surface area contributed by atoms with Gasteiger partial charge in [-0.05, 0) is 26.2 Å². The number of likely N-dealkylation sites (tertiary alicyclic amines) is 1. The molecule has 3 rings (SSSR count). The van der Waals surface area contributed by atoms with E-state index in [-0.39, 0.29) is 24.0 Å². The van der Waals surface area contributed by atoms with Crippen molar-refractivity contribution >= 4 is 29.9 Å². The summed E-state index contributed by atoms with van der Waals surface area (Å²) < 4.78 is 0. The van der Waals surface area contributed by atoms with Crippen LogP contribution in [0.5, 0.6) is 0 Å². The van der Waals surface area contributed by atoms with Crippen molar-refractivity contribution in [2.24, 2.45) is 4.99 Å². The van der Waals surface area contributed by atoms with E-state index in [1.54, 1.807) is 0 Å². The number of hydrogen-bond donors (Lipinski definition) is 2. The molecule has 0 bridgehead atoms. The van der Waals surface area contributed by atoms with Crippen molar-refractivity contribution in [3.8, 4) is 0 Å². The minimum absolute atomic E-state index is 0. The molecule has 1 unspecified atom stereocenters. The third-order valence-electron chi connectivity index (χ3n) is 5.22. The molecule has 0 aromatic carbocycles. The molecule has 0 aromatic heterocycles. The van der Waals surface area contributed by atoms with Crippen molar-refractivity contribution in [3.63, 3.8) is 0 Å². The predicted molar refractivity (Wildman–Crippen MR) is 106 cm³/mol. The first kappa shape index (κ1) is 19.0. The van der Waals surface area contributed by atoms with Gasteiger partial charge in [0.2, 0.25) is 0 Å². The maximum absolute atomic E-state index is 10.5. The molecule has 6 heteroatoms. The third-order valence-corrected chi connectivity index (χ3v) is 5.22. The van der Waals surface area contributed by atoms with Gasteiger partial charge in [0.05, 0.1) is 12.1 Å². The Balaban J connectivity index is 0.00000192. The quantitative estimate of drug-likeness (QED) is 0.307. The van der Waals surface area contributed by atoms with Crippen molar-refractivity contribution in [1.82, 2.24) is 15.1 Å². The van der Waals surface area contributed by atoms with E-state index in [0.29, 0.717) is 12.6 Å². The normalized spacial score (nSPS) is 27.5. The first-order valence-corrected chi connectivity index (χ1v) is 8.85. The van der Waals surface area contributed by atoms with E-state index in [9.17, 15) is 5.11 Å². The Labute approximate surface area is 157 Å². The number of aliphatic imine (C=N–C) groups is 1. The Hall–Kier alpha value is -0.340. The van der Waals surface area contributed by atoms with Gasteiger partial charge in [-0.3, -0.25) is 9.89 Å². The van der Waals surface area contributed by atoms with Gasteiger partial charge in [-0.2, -0.15) is 0 Å². The highest BCUT2D eigenvalue weighted by atomic mass is 127. The lowest BCUT2D eigenvalue weighted by atomic mass is 10.0. The van der Waals surface area contributed by atoms with Gasteiger partial charge in [0.25, 0.3) is 0 Å². The third kappa shape index (κ3) is 4.82. The van der Waals surface area contributed by atoms with E-state index in [1.165, 1.54) is 6.42 Å². The van der Waals surface area contributed by atoms with Crippen LogP contribution in [0.15, 0.2) is 17.1 Å². The van der Waals surface area contributed by atoms with Gasteiger partial charge in [0.1, 0.15) is 0 Å². The van der Waals surface area contributed by atoms with Crippen LogP contribution in [0, 0.1) is 0 Å². The summed E-state index contributed by atoms with van der Waals surface area (Å²) in [4.78, 5) is 9.66. The van der Waals surface area contributed by atoms with Crippen LogP contribution in [0.4, 0.5) is 0 Å². The molecule has 0 radical (unpaired) electrons. The van der Waals surface area contributed by atoms with Gasteiger partial charge in [0, 0.05) is 38.8 Å². The summed E-state index contributed by atoms with van der Waals surface area (Å²) in [6, 6.07) is 0.633. The monoisotopic (exact) mass is 434 g/mol. The van der Waals surface area contributed by atoms with Gasteiger partial charge < -0.3 is 15.3 Å². The van der Waals surface area contributed by atoms with Crippen molar-refractivity contribution in [1.29, 1.82) is 0 Å². The Morgan fingerprint density at radius 3 is 2.65 bits per heavy atom. The van der Waals surface area contributed by atoms with Gasteiger partial charge >= 0.3 is 0 Å². The molecule has 132 valence electrons. The van der Waals surface area contributed by atoms with Gasteiger partial charge in [0.15, 0.2) is 5.96 Å². The van der Waals surface area contributed by atoms with E-state index in [4.69, 9.17) is 4.99 Å². The summed E-state index contributed by atoms with van der Waals surface area (Å²) in [6.07, 6.45) is 9.80. The second-order valence-electron chi connectivity index (χ2n) is 6.92. The number of nitrogens with one attached hydrogen (secondary N) is 1. The summed E-state index contributed by atoms with van der Waals surface area (Å²) in [5.74, 6) is 0.984. The van der Waals surface area contributed by atoms with Crippen molar-refractivity contribution in [3.05, 3.63) is 12.2 Å². The maximum Gasteiger partial charge on any atom is 0.194 e. The predicted octanol–water partition coefficient (Wildman–Crippen LogP) is 1.82. The fourth-order valence-electron chi connectivity index (χ4n) is 3.86. The molecule has 3 aliphatic rings. The summed E-state index contributed by atoms with van der Waals surface area (Å²) in [7, 11) is 0. The molecule has 2 fully saturated rings. The SMILES string of the molecule is CCNC(=NCC1(O)CCCC1)N1CCC(N2CC=CC2)C1.I. The van der Waals surface area contributed by atoms with E-state index < -0.39 is 5.60 Å². The molecule has 5 nitrogen and oxygen atoms in total. The maximum atomic E-state index is 10.5. The molecule has 0 amide bonds. The summed E-state index contributed by atoms with van der Waals surface area (Å²) in [6.45, 7) is 7.82. The van der Waals surface area contributed by atoms with Crippen LogP contribution in [-0.2, 0) is 0 Å². The average molecular weight is 434 g/mol. The Morgan fingerprint density at radius 2 is 2.00 bits per heavy atom. The number of nitrogens with zero attached hydrogens (tertiary/aromatic N) is 3. The van der Waals surface area contributed by atoms with Crippen molar-refractivity contribution in [2.75, 3.05) is 39.3 Å².